The molecule has 0 aromatic rings. The molecule has 1 nitrogen and oxygen atoms in total. The van der Waals surface area contributed by atoms with E-state index < -0.39 is 0 Å². The van der Waals surface area contributed by atoms with Gasteiger partial charge >= 0.3 is 0 Å². The molecule has 1 N–H and O–H groups in total. The van der Waals surface area contributed by atoms with Crippen LogP contribution in [0.5, 0.6) is 0 Å². The highest BCUT2D eigenvalue weighted by atomic mass is 14.9. The monoisotopic (exact) mass is 291 g/mol. The molecule has 122 valence electrons. The van der Waals surface area contributed by atoms with Gasteiger partial charge in [-0.1, -0.05) is 70.6 Å². The lowest BCUT2D eigenvalue weighted by molar-refractivity contribution is 0.149. The molecule has 0 amide bonds. The van der Waals surface area contributed by atoms with Gasteiger partial charge in [-0.25, -0.2) is 0 Å². The van der Waals surface area contributed by atoms with Crippen molar-refractivity contribution in [1.82, 2.24) is 5.32 Å². The maximum atomic E-state index is 3.99. The largest absolute Gasteiger partial charge is 0.314 e. The van der Waals surface area contributed by atoms with E-state index in [1.165, 1.54) is 103 Å². The first-order chi connectivity index (χ1) is 10.4. The van der Waals surface area contributed by atoms with E-state index >= 15 is 0 Å². The Morgan fingerprint density at radius 1 is 0.667 bits per heavy atom. The van der Waals surface area contributed by atoms with Crippen LogP contribution in [0.2, 0.25) is 0 Å². The van der Waals surface area contributed by atoms with Crippen LogP contribution in [-0.2, 0) is 0 Å². The summed E-state index contributed by atoms with van der Waals surface area (Å²) >= 11 is 0. The van der Waals surface area contributed by atoms with Gasteiger partial charge < -0.3 is 5.32 Å². The minimum atomic E-state index is 0.866. The smallest absolute Gasteiger partial charge is 0.00979 e. The Morgan fingerprint density at radius 3 is 2.14 bits per heavy atom. The average molecular weight is 292 g/mol. The Bertz CT molecular complexity index is 276. The van der Waals surface area contributed by atoms with Crippen LogP contribution in [-0.4, -0.2) is 12.6 Å². The van der Waals surface area contributed by atoms with Gasteiger partial charge in [0.1, 0.15) is 0 Å². The van der Waals surface area contributed by atoms with Gasteiger partial charge in [0.05, 0.1) is 0 Å². The first-order valence-corrected chi connectivity index (χ1v) is 10.2. The summed E-state index contributed by atoms with van der Waals surface area (Å²) in [5.74, 6) is 3.16. The fourth-order valence-corrected chi connectivity index (χ4v) is 5.52. The molecule has 2 unspecified atom stereocenters. The summed E-state index contributed by atoms with van der Waals surface area (Å²) in [6, 6.07) is 0.866. The molecule has 0 aromatic carbocycles. The second-order valence-corrected chi connectivity index (χ2v) is 8.20. The van der Waals surface area contributed by atoms with Crippen molar-refractivity contribution in [1.29, 1.82) is 0 Å². The van der Waals surface area contributed by atoms with E-state index in [0.717, 1.165) is 23.8 Å². The van der Waals surface area contributed by atoms with Gasteiger partial charge in [-0.2, -0.15) is 0 Å². The summed E-state index contributed by atoms with van der Waals surface area (Å²) in [7, 11) is 0. The number of nitrogens with one attached hydrogen (secondary N) is 1. The summed E-state index contributed by atoms with van der Waals surface area (Å²) < 4.78 is 0. The number of rotatable bonds is 6. The minimum Gasteiger partial charge on any atom is -0.314 e. The van der Waals surface area contributed by atoms with E-state index in [1.807, 2.05) is 0 Å². The molecule has 0 bridgehead atoms. The quantitative estimate of drug-likeness (QED) is 0.620. The third kappa shape index (κ3) is 4.71. The number of hydrogen-bond donors (Lipinski definition) is 1. The normalized spacial score (nSPS) is 32.6. The lowest BCUT2D eigenvalue weighted by Crippen LogP contribution is -2.42. The van der Waals surface area contributed by atoms with Crippen molar-refractivity contribution in [2.75, 3.05) is 6.54 Å². The molecule has 0 aliphatic heterocycles. The SMILES string of the molecule is C1CCC(C2CCCCC2NCCCC2CCCC2)CC1. The molecule has 1 heteroatoms. The zero-order valence-electron chi connectivity index (χ0n) is 14.1. The first-order valence-electron chi connectivity index (χ1n) is 10.2. The van der Waals surface area contributed by atoms with Crippen LogP contribution in [0.15, 0.2) is 0 Å². The third-order valence-corrected chi connectivity index (χ3v) is 6.75. The van der Waals surface area contributed by atoms with Gasteiger partial charge in [-0.05, 0) is 50.0 Å². The minimum absolute atomic E-state index is 0.866. The van der Waals surface area contributed by atoms with E-state index in [2.05, 4.69) is 5.32 Å². The van der Waals surface area contributed by atoms with Gasteiger partial charge in [0, 0.05) is 6.04 Å². The summed E-state index contributed by atoms with van der Waals surface area (Å²) in [4.78, 5) is 0. The molecule has 0 saturated heterocycles. The maximum absolute atomic E-state index is 3.99. The van der Waals surface area contributed by atoms with Crippen LogP contribution in [0.4, 0.5) is 0 Å². The van der Waals surface area contributed by atoms with Crippen molar-refractivity contribution in [2.45, 2.75) is 102 Å². The van der Waals surface area contributed by atoms with Crippen LogP contribution in [0.3, 0.4) is 0 Å². The Morgan fingerprint density at radius 2 is 1.33 bits per heavy atom. The molecule has 0 heterocycles. The highest BCUT2D eigenvalue weighted by Gasteiger charge is 2.32. The molecular weight excluding hydrogens is 254 g/mol. The molecule has 3 fully saturated rings. The van der Waals surface area contributed by atoms with Crippen molar-refractivity contribution in [3.05, 3.63) is 0 Å². The summed E-state index contributed by atoms with van der Waals surface area (Å²) in [5, 5.41) is 3.99. The molecule has 3 aliphatic carbocycles. The topological polar surface area (TPSA) is 12.0 Å². The summed E-state index contributed by atoms with van der Waals surface area (Å²) in [5.41, 5.74) is 0. The summed E-state index contributed by atoms with van der Waals surface area (Å²) in [6.07, 6.45) is 22.5. The Labute approximate surface area is 132 Å². The zero-order valence-corrected chi connectivity index (χ0v) is 14.1. The molecule has 0 spiro atoms. The predicted molar refractivity (Wildman–Crippen MR) is 91.5 cm³/mol. The van der Waals surface area contributed by atoms with Gasteiger partial charge in [0.15, 0.2) is 0 Å². The number of hydrogen-bond acceptors (Lipinski definition) is 1. The van der Waals surface area contributed by atoms with E-state index in [9.17, 15) is 0 Å². The van der Waals surface area contributed by atoms with Crippen molar-refractivity contribution >= 4 is 0 Å². The van der Waals surface area contributed by atoms with Crippen molar-refractivity contribution in [2.24, 2.45) is 17.8 Å². The fourth-order valence-electron chi connectivity index (χ4n) is 5.52. The van der Waals surface area contributed by atoms with E-state index in [4.69, 9.17) is 0 Å². The first kappa shape index (κ1) is 15.8. The maximum Gasteiger partial charge on any atom is 0.00979 e. The Hall–Kier alpha value is -0.0400. The molecule has 21 heavy (non-hydrogen) atoms. The predicted octanol–water partition coefficient (Wildman–Crippen LogP) is 5.69. The van der Waals surface area contributed by atoms with Crippen LogP contribution >= 0.6 is 0 Å². The van der Waals surface area contributed by atoms with Crippen LogP contribution in [0, 0.1) is 17.8 Å². The fraction of sp³-hybridized carbons (Fsp3) is 1.00. The third-order valence-electron chi connectivity index (χ3n) is 6.75. The molecule has 3 rings (SSSR count). The lowest BCUT2D eigenvalue weighted by Gasteiger charge is -2.39. The van der Waals surface area contributed by atoms with Crippen molar-refractivity contribution in [3.8, 4) is 0 Å². The second-order valence-electron chi connectivity index (χ2n) is 8.20. The van der Waals surface area contributed by atoms with Gasteiger partial charge in [0.2, 0.25) is 0 Å². The molecule has 0 aromatic heterocycles. The van der Waals surface area contributed by atoms with E-state index in [-0.39, 0.29) is 0 Å². The van der Waals surface area contributed by atoms with Crippen LogP contribution < -0.4 is 5.32 Å². The Kier molecular flexibility index (Phi) is 6.45. The van der Waals surface area contributed by atoms with Gasteiger partial charge in [-0.3, -0.25) is 0 Å². The van der Waals surface area contributed by atoms with E-state index in [1.54, 1.807) is 0 Å². The average Bonchev–Trinajstić information content (AvgIpc) is 3.06. The van der Waals surface area contributed by atoms with Crippen molar-refractivity contribution < 1.29 is 0 Å². The summed E-state index contributed by atoms with van der Waals surface area (Å²) in [6.45, 7) is 1.30. The van der Waals surface area contributed by atoms with Crippen molar-refractivity contribution in [3.63, 3.8) is 0 Å². The molecule has 3 aliphatic rings. The second kappa shape index (κ2) is 8.56. The molecule has 3 saturated carbocycles. The standard InChI is InChI=1S/C20H37N/c1-2-12-18(13-3-1)19-14-6-7-15-20(19)21-16-8-11-17-9-4-5-10-17/h17-21H,1-16H2. The van der Waals surface area contributed by atoms with Gasteiger partial charge in [0.25, 0.3) is 0 Å². The highest BCUT2D eigenvalue weighted by Crippen LogP contribution is 2.38. The highest BCUT2D eigenvalue weighted by molar-refractivity contribution is 4.87. The van der Waals surface area contributed by atoms with Crippen LogP contribution in [0.25, 0.3) is 0 Å². The molecule has 2 atom stereocenters. The zero-order chi connectivity index (χ0) is 14.3. The van der Waals surface area contributed by atoms with Gasteiger partial charge in [-0.15, -0.1) is 0 Å². The molecular formula is C20H37N. The van der Waals surface area contributed by atoms with Crippen LogP contribution in [0.1, 0.15) is 96.3 Å². The van der Waals surface area contributed by atoms with E-state index in [0.29, 0.717) is 0 Å². The Balaban J connectivity index is 1.38. The lowest BCUT2D eigenvalue weighted by atomic mass is 9.71. The molecule has 0 radical (unpaired) electrons.